The molecule has 11 heteroatoms. The summed E-state index contributed by atoms with van der Waals surface area (Å²) in [5.74, 6) is 0.129. The van der Waals surface area contributed by atoms with Crippen molar-refractivity contribution >= 4 is 27.1 Å². The highest BCUT2D eigenvalue weighted by atomic mass is 32.2. The molecule has 1 aromatic heterocycles. The first kappa shape index (κ1) is 25.4. The van der Waals surface area contributed by atoms with E-state index in [-0.39, 0.29) is 35.9 Å². The fraction of sp³-hybridized carbons (Fsp3) is 0.500. The Labute approximate surface area is 203 Å². The predicted octanol–water partition coefficient (Wildman–Crippen LogP) is 5.18. The number of pyridine rings is 1. The average Bonchev–Trinajstić information content (AvgIpc) is 2.93. The number of alkyl halides is 3. The third kappa shape index (κ3) is 5.95. The van der Waals surface area contributed by atoms with Crippen LogP contribution in [0.4, 0.5) is 24.7 Å². The molecule has 2 aliphatic rings. The van der Waals surface area contributed by atoms with Crippen LogP contribution in [0.15, 0.2) is 41.3 Å². The SMILES string of the molecule is C[C@@H]1CN(c2nc(C3CCC3)ccc2C(=O)Nc2cccc(S(C)(=N)=O)c2)CCC(C(F)(F)F)O1. The molecule has 2 unspecified atom stereocenters. The molecule has 3 atom stereocenters. The normalized spacial score (nSPS) is 23.2. The number of anilines is 2. The minimum absolute atomic E-state index is 0.0438. The molecule has 4 rings (SSSR count). The van der Waals surface area contributed by atoms with E-state index in [9.17, 15) is 22.2 Å². The molecule has 0 bridgehead atoms. The van der Waals surface area contributed by atoms with Crippen LogP contribution in [0.5, 0.6) is 0 Å². The lowest BCUT2D eigenvalue weighted by atomic mass is 9.82. The van der Waals surface area contributed by atoms with Crippen molar-refractivity contribution in [3.05, 3.63) is 47.7 Å². The zero-order valence-corrected chi connectivity index (χ0v) is 20.4. The summed E-state index contributed by atoms with van der Waals surface area (Å²) in [4.78, 5) is 20.0. The summed E-state index contributed by atoms with van der Waals surface area (Å²) in [5.41, 5.74) is 1.43. The minimum atomic E-state index is -4.47. The van der Waals surface area contributed by atoms with Gasteiger partial charge in [0.1, 0.15) is 5.82 Å². The van der Waals surface area contributed by atoms with Crippen molar-refractivity contribution in [1.29, 1.82) is 4.78 Å². The topological polar surface area (TPSA) is 95.4 Å². The molecule has 2 aromatic rings. The molecule has 190 valence electrons. The van der Waals surface area contributed by atoms with Gasteiger partial charge in [-0.05, 0) is 50.1 Å². The van der Waals surface area contributed by atoms with Gasteiger partial charge in [-0.1, -0.05) is 12.5 Å². The van der Waals surface area contributed by atoms with Crippen LogP contribution in [0, 0.1) is 4.78 Å². The van der Waals surface area contributed by atoms with E-state index in [0.29, 0.717) is 11.5 Å². The van der Waals surface area contributed by atoms with Crippen molar-refractivity contribution in [2.45, 2.75) is 61.8 Å². The molecular weight excluding hydrogens is 481 g/mol. The predicted molar refractivity (Wildman–Crippen MR) is 127 cm³/mol. The number of carbonyl (C=O) groups excluding carboxylic acids is 1. The van der Waals surface area contributed by atoms with Crippen molar-refractivity contribution in [3.8, 4) is 0 Å². The van der Waals surface area contributed by atoms with E-state index < -0.39 is 34.0 Å². The average molecular weight is 511 g/mol. The second kappa shape index (κ2) is 9.77. The number of aromatic nitrogens is 1. The number of amides is 1. The Morgan fingerprint density at radius 1 is 1.23 bits per heavy atom. The van der Waals surface area contributed by atoms with E-state index >= 15 is 0 Å². The summed E-state index contributed by atoms with van der Waals surface area (Å²) in [7, 11) is -2.97. The Morgan fingerprint density at radius 2 is 1.97 bits per heavy atom. The molecule has 2 N–H and O–H groups in total. The fourth-order valence-electron chi connectivity index (χ4n) is 4.33. The van der Waals surface area contributed by atoms with Gasteiger partial charge < -0.3 is 15.0 Å². The Kier molecular flexibility index (Phi) is 7.10. The molecule has 35 heavy (non-hydrogen) atoms. The van der Waals surface area contributed by atoms with E-state index in [0.717, 1.165) is 25.0 Å². The number of rotatable bonds is 5. The number of ether oxygens (including phenoxy) is 1. The van der Waals surface area contributed by atoms with Gasteiger partial charge in [0.2, 0.25) is 0 Å². The van der Waals surface area contributed by atoms with Gasteiger partial charge in [-0.3, -0.25) is 4.79 Å². The van der Waals surface area contributed by atoms with Gasteiger partial charge in [-0.15, -0.1) is 0 Å². The minimum Gasteiger partial charge on any atom is -0.364 e. The summed E-state index contributed by atoms with van der Waals surface area (Å²) >= 11 is 0. The molecule has 1 aromatic carbocycles. The van der Waals surface area contributed by atoms with E-state index in [2.05, 4.69) is 5.32 Å². The molecule has 0 radical (unpaired) electrons. The van der Waals surface area contributed by atoms with Gasteiger partial charge in [0.15, 0.2) is 6.10 Å². The molecule has 0 spiro atoms. The number of benzene rings is 1. The van der Waals surface area contributed by atoms with Crippen LogP contribution < -0.4 is 10.2 Å². The van der Waals surface area contributed by atoms with Crippen LogP contribution in [-0.2, 0) is 14.5 Å². The third-order valence-electron chi connectivity index (χ3n) is 6.41. The van der Waals surface area contributed by atoms with Gasteiger partial charge in [-0.2, -0.15) is 13.2 Å². The summed E-state index contributed by atoms with van der Waals surface area (Å²) in [6.07, 6.45) is -2.93. The van der Waals surface area contributed by atoms with Crippen molar-refractivity contribution in [1.82, 2.24) is 4.98 Å². The standard InChI is InChI=1S/C24H29F3N4O3S/c1-15-14-31(12-11-21(34-15)24(25,26)27)22-19(9-10-20(30-22)16-5-3-6-16)23(32)29-17-7-4-8-18(13-17)35(2,28)33/h4,7-10,13,15-16,21,28H,3,5-6,11-12,14H2,1-2H3,(H,29,32)/t15-,21?,35?/m1/s1. The lowest BCUT2D eigenvalue weighted by Gasteiger charge is -2.29. The molecule has 1 aliphatic heterocycles. The Morgan fingerprint density at radius 3 is 2.60 bits per heavy atom. The van der Waals surface area contributed by atoms with Crippen LogP contribution >= 0.6 is 0 Å². The zero-order valence-electron chi connectivity index (χ0n) is 19.6. The van der Waals surface area contributed by atoms with Crippen molar-refractivity contribution < 1.29 is 26.9 Å². The maximum atomic E-state index is 13.4. The highest BCUT2D eigenvalue weighted by Crippen LogP contribution is 2.37. The van der Waals surface area contributed by atoms with Gasteiger partial charge in [0, 0.05) is 48.0 Å². The van der Waals surface area contributed by atoms with Crippen LogP contribution in [0.25, 0.3) is 0 Å². The molecule has 1 amide bonds. The fourth-order valence-corrected chi connectivity index (χ4v) is 5.02. The van der Waals surface area contributed by atoms with E-state index in [1.165, 1.54) is 12.3 Å². The summed E-state index contributed by atoms with van der Waals surface area (Å²) in [6, 6.07) is 9.74. The monoisotopic (exact) mass is 510 g/mol. The summed E-state index contributed by atoms with van der Waals surface area (Å²) in [6.45, 7) is 1.80. The number of hydrogen-bond donors (Lipinski definition) is 2. The molecule has 1 saturated carbocycles. The van der Waals surface area contributed by atoms with Crippen molar-refractivity contribution in [3.63, 3.8) is 0 Å². The molecular formula is C24H29F3N4O3S. The highest BCUT2D eigenvalue weighted by molar-refractivity contribution is 7.91. The number of nitrogens with zero attached hydrogens (tertiary/aromatic N) is 2. The van der Waals surface area contributed by atoms with Crippen LogP contribution in [0.1, 0.15) is 54.6 Å². The second-order valence-corrected chi connectivity index (χ2v) is 11.4. The Hall–Kier alpha value is -2.66. The smallest absolute Gasteiger partial charge is 0.364 e. The lowest BCUT2D eigenvalue weighted by Crippen LogP contribution is -2.34. The summed E-state index contributed by atoms with van der Waals surface area (Å²) in [5, 5.41) is 2.76. The summed E-state index contributed by atoms with van der Waals surface area (Å²) < 4.78 is 65.2. The largest absolute Gasteiger partial charge is 0.414 e. The van der Waals surface area contributed by atoms with Crippen molar-refractivity contribution in [2.24, 2.45) is 0 Å². The van der Waals surface area contributed by atoms with Crippen LogP contribution in [0.2, 0.25) is 0 Å². The van der Waals surface area contributed by atoms with Gasteiger partial charge in [0.05, 0.1) is 21.4 Å². The quantitative estimate of drug-likeness (QED) is 0.578. The lowest BCUT2D eigenvalue weighted by molar-refractivity contribution is -0.228. The number of hydrogen-bond acceptors (Lipinski definition) is 6. The maximum absolute atomic E-state index is 13.4. The van der Waals surface area contributed by atoms with Crippen LogP contribution in [0.3, 0.4) is 0 Å². The first-order valence-corrected chi connectivity index (χ1v) is 13.5. The number of carbonyl (C=O) groups is 1. The Bertz CT molecular complexity index is 1200. The molecule has 1 aliphatic carbocycles. The van der Waals surface area contributed by atoms with Gasteiger partial charge in [0.25, 0.3) is 5.91 Å². The maximum Gasteiger partial charge on any atom is 0.414 e. The zero-order chi connectivity index (χ0) is 25.4. The third-order valence-corrected chi connectivity index (χ3v) is 7.56. The van der Waals surface area contributed by atoms with Crippen LogP contribution in [-0.4, -0.2) is 52.8 Å². The van der Waals surface area contributed by atoms with E-state index in [4.69, 9.17) is 14.5 Å². The number of nitrogens with one attached hydrogen (secondary N) is 2. The van der Waals surface area contributed by atoms with Crippen molar-refractivity contribution in [2.75, 3.05) is 29.6 Å². The molecule has 1 saturated heterocycles. The molecule has 2 heterocycles. The Balaban J connectivity index is 1.65. The molecule has 2 fully saturated rings. The van der Waals surface area contributed by atoms with E-state index in [1.54, 1.807) is 42.2 Å². The first-order chi connectivity index (χ1) is 16.4. The first-order valence-electron chi connectivity index (χ1n) is 11.5. The van der Waals surface area contributed by atoms with Gasteiger partial charge in [-0.25, -0.2) is 14.0 Å². The number of halogens is 3. The molecule has 7 nitrogen and oxygen atoms in total. The second-order valence-electron chi connectivity index (χ2n) is 9.27. The van der Waals surface area contributed by atoms with Gasteiger partial charge >= 0.3 is 6.18 Å². The van der Waals surface area contributed by atoms with E-state index in [1.807, 2.05) is 0 Å². The highest BCUT2D eigenvalue weighted by Gasteiger charge is 2.43.